The standard InChI is InChI=1S/C27H26N4/c1-15-16(2)26(6)27(22-13-9-7-11-20(22)21-12-8-10-14-23(21)27)24-18(4)28-29-19(5)25(24)31(26)30-17(15)3/h7-14H,1-6H3. The summed E-state index contributed by atoms with van der Waals surface area (Å²) in [4.78, 5) is 0. The van der Waals surface area contributed by atoms with Crippen molar-refractivity contribution in [2.75, 3.05) is 5.01 Å². The number of aryl methyl sites for hydroxylation is 2. The SMILES string of the molecule is CC1=NN2c3c(C)nnc(C)c3C3(c4ccccc4-c4ccccc43)C2(C)C(C)=C1C. The van der Waals surface area contributed by atoms with Gasteiger partial charge in [0.1, 0.15) is 0 Å². The molecular weight excluding hydrogens is 380 g/mol. The number of allylic oxidation sites excluding steroid dienone is 1. The summed E-state index contributed by atoms with van der Waals surface area (Å²) < 4.78 is 0. The molecule has 2 aliphatic heterocycles. The van der Waals surface area contributed by atoms with Crippen LogP contribution in [0, 0.1) is 13.8 Å². The third-order valence-corrected chi connectivity index (χ3v) is 8.07. The summed E-state index contributed by atoms with van der Waals surface area (Å²) in [5.41, 5.74) is 12.4. The first kappa shape index (κ1) is 18.5. The van der Waals surface area contributed by atoms with Crippen molar-refractivity contribution in [3.63, 3.8) is 0 Å². The molecule has 0 saturated carbocycles. The van der Waals surface area contributed by atoms with Gasteiger partial charge in [-0.25, -0.2) is 0 Å². The quantitative estimate of drug-likeness (QED) is 0.480. The molecular formula is C27H26N4. The van der Waals surface area contributed by atoms with Gasteiger partial charge in [0.05, 0.1) is 33.7 Å². The largest absolute Gasteiger partial charge is 0.251 e. The van der Waals surface area contributed by atoms with Gasteiger partial charge in [-0.1, -0.05) is 48.5 Å². The number of hydrogen-bond donors (Lipinski definition) is 0. The van der Waals surface area contributed by atoms with E-state index in [1.54, 1.807) is 0 Å². The lowest BCUT2D eigenvalue weighted by atomic mass is 9.59. The van der Waals surface area contributed by atoms with Gasteiger partial charge in [-0.15, -0.1) is 0 Å². The second-order valence-electron chi connectivity index (χ2n) is 9.26. The minimum Gasteiger partial charge on any atom is -0.251 e. The average Bonchev–Trinajstić information content (AvgIpc) is 3.21. The van der Waals surface area contributed by atoms with E-state index in [4.69, 9.17) is 5.10 Å². The van der Waals surface area contributed by atoms with E-state index in [1.165, 1.54) is 39.0 Å². The topological polar surface area (TPSA) is 41.4 Å². The van der Waals surface area contributed by atoms with Crippen LogP contribution in [0.2, 0.25) is 0 Å². The highest BCUT2D eigenvalue weighted by Crippen LogP contribution is 2.68. The van der Waals surface area contributed by atoms with Crippen LogP contribution in [0.5, 0.6) is 0 Å². The van der Waals surface area contributed by atoms with Gasteiger partial charge >= 0.3 is 0 Å². The van der Waals surface area contributed by atoms with E-state index in [-0.39, 0.29) is 0 Å². The van der Waals surface area contributed by atoms with Crippen LogP contribution < -0.4 is 5.01 Å². The van der Waals surface area contributed by atoms with E-state index in [0.717, 1.165) is 22.8 Å². The van der Waals surface area contributed by atoms with Crippen LogP contribution in [-0.4, -0.2) is 21.4 Å². The monoisotopic (exact) mass is 406 g/mol. The summed E-state index contributed by atoms with van der Waals surface area (Å²) in [5.74, 6) is 0. The molecule has 3 aromatic rings. The van der Waals surface area contributed by atoms with E-state index in [0.29, 0.717) is 0 Å². The first-order valence-corrected chi connectivity index (χ1v) is 10.9. The van der Waals surface area contributed by atoms with Crippen molar-refractivity contribution in [3.8, 4) is 11.1 Å². The Bertz CT molecular complexity index is 1320. The molecule has 0 N–H and O–H groups in total. The number of hydrogen-bond acceptors (Lipinski definition) is 4. The Hall–Kier alpha value is -3.27. The van der Waals surface area contributed by atoms with Crippen molar-refractivity contribution < 1.29 is 0 Å². The summed E-state index contributed by atoms with van der Waals surface area (Å²) in [6, 6.07) is 17.7. The number of nitrogens with zero attached hydrogens (tertiary/aromatic N) is 4. The predicted molar refractivity (Wildman–Crippen MR) is 126 cm³/mol. The summed E-state index contributed by atoms with van der Waals surface area (Å²) >= 11 is 0. The summed E-state index contributed by atoms with van der Waals surface area (Å²) in [7, 11) is 0. The van der Waals surface area contributed by atoms with Gasteiger partial charge in [-0.2, -0.15) is 15.3 Å². The Morgan fingerprint density at radius 1 is 0.742 bits per heavy atom. The smallest absolute Gasteiger partial charge is 0.0998 e. The van der Waals surface area contributed by atoms with Crippen molar-refractivity contribution in [2.24, 2.45) is 5.10 Å². The third kappa shape index (κ3) is 1.82. The fourth-order valence-electron chi connectivity index (χ4n) is 6.41. The van der Waals surface area contributed by atoms with E-state index in [9.17, 15) is 0 Å². The highest BCUT2D eigenvalue weighted by atomic mass is 15.5. The molecule has 6 rings (SSSR count). The zero-order chi connectivity index (χ0) is 21.7. The zero-order valence-electron chi connectivity index (χ0n) is 18.9. The second kappa shape index (κ2) is 5.70. The molecule has 4 heteroatoms. The molecule has 4 nitrogen and oxygen atoms in total. The maximum Gasteiger partial charge on any atom is 0.0998 e. The highest BCUT2D eigenvalue weighted by Gasteiger charge is 2.67. The van der Waals surface area contributed by atoms with Crippen molar-refractivity contribution in [1.29, 1.82) is 0 Å². The average molecular weight is 407 g/mol. The highest BCUT2D eigenvalue weighted by molar-refractivity contribution is 6.03. The van der Waals surface area contributed by atoms with Crippen LogP contribution >= 0.6 is 0 Å². The van der Waals surface area contributed by atoms with E-state index in [1.807, 2.05) is 0 Å². The first-order chi connectivity index (χ1) is 14.8. The van der Waals surface area contributed by atoms with Crippen LogP contribution in [0.3, 0.4) is 0 Å². The van der Waals surface area contributed by atoms with Crippen LogP contribution in [0.15, 0.2) is 64.8 Å². The van der Waals surface area contributed by atoms with Gasteiger partial charge in [0.25, 0.3) is 0 Å². The molecule has 154 valence electrons. The Morgan fingerprint density at radius 3 is 1.90 bits per heavy atom. The first-order valence-electron chi connectivity index (χ1n) is 10.9. The van der Waals surface area contributed by atoms with Crippen molar-refractivity contribution in [2.45, 2.75) is 52.5 Å². The molecule has 0 saturated heterocycles. The second-order valence-corrected chi connectivity index (χ2v) is 9.26. The van der Waals surface area contributed by atoms with Crippen LogP contribution in [0.4, 0.5) is 5.69 Å². The lowest BCUT2D eigenvalue weighted by molar-refractivity contribution is 0.385. The van der Waals surface area contributed by atoms with Gasteiger partial charge in [0.15, 0.2) is 0 Å². The number of anilines is 1. The Labute approximate surface area is 183 Å². The molecule has 3 aliphatic rings. The number of aromatic nitrogens is 2. The normalized spacial score (nSPS) is 22.3. The lowest BCUT2D eigenvalue weighted by Gasteiger charge is -2.49. The molecule has 1 unspecified atom stereocenters. The summed E-state index contributed by atoms with van der Waals surface area (Å²) in [5, 5.41) is 16.6. The third-order valence-electron chi connectivity index (χ3n) is 8.07. The number of hydrazone groups is 1. The van der Waals surface area contributed by atoms with Gasteiger partial charge in [0.2, 0.25) is 0 Å². The Kier molecular flexibility index (Phi) is 3.40. The van der Waals surface area contributed by atoms with Crippen LogP contribution in [0.25, 0.3) is 11.1 Å². The van der Waals surface area contributed by atoms with Crippen molar-refractivity contribution in [1.82, 2.24) is 10.2 Å². The van der Waals surface area contributed by atoms with Crippen LogP contribution in [-0.2, 0) is 5.41 Å². The molecule has 1 aromatic heterocycles. The molecule has 31 heavy (non-hydrogen) atoms. The van der Waals surface area contributed by atoms with Gasteiger partial charge in [0, 0.05) is 5.56 Å². The molecule has 0 fully saturated rings. The zero-order valence-corrected chi connectivity index (χ0v) is 18.9. The van der Waals surface area contributed by atoms with Crippen molar-refractivity contribution >= 4 is 11.4 Å². The molecule has 1 aliphatic carbocycles. The Balaban J connectivity index is 1.90. The number of fused-ring (bicyclic) bond motifs is 10. The summed E-state index contributed by atoms with van der Waals surface area (Å²) in [6.45, 7) is 13.1. The molecule has 3 heterocycles. The van der Waals surface area contributed by atoms with E-state index in [2.05, 4.69) is 105 Å². The minimum absolute atomic E-state index is 0.401. The Morgan fingerprint density at radius 2 is 1.29 bits per heavy atom. The number of benzene rings is 2. The van der Waals surface area contributed by atoms with Crippen molar-refractivity contribution in [3.05, 3.63) is 87.8 Å². The molecule has 2 aromatic carbocycles. The lowest BCUT2D eigenvalue weighted by Crippen LogP contribution is -2.57. The van der Waals surface area contributed by atoms with Gasteiger partial charge in [-0.3, -0.25) is 5.01 Å². The minimum atomic E-state index is -0.407. The molecule has 0 amide bonds. The van der Waals surface area contributed by atoms with Gasteiger partial charge in [-0.05, 0) is 74.9 Å². The molecule has 1 atom stereocenters. The van der Waals surface area contributed by atoms with E-state index < -0.39 is 11.0 Å². The maximum absolute atomic E-state index is 5.18. The fourth-order valence-corrected chi connectivity index (χ4v) is 6.41. The molecule has 0 radical (unpaired) electrons. The fraction of sp³-hybridized carbons (Fsp3) is 0.296. The number of rotatable bonds is 0. The summed E-state index contributed by atoms with van der Waals surface area (Å²) in [6.07, 6.45) is 0. The molecule has 1 spiro atoms. The molecule has 0 bridgehead atoms. The maximum atomic E-state index is 5.18. The van der Waals surface area contributed by atoms with E-state index >= 15 is 0 Å². The predicted octanol–water partition coefficient (Wildman–Crippen LogP) is 5.71. The van der Waals surface area contributed by atoms with Crippen LogP contribution in [0.1, 0.15) is 55.8 Å². The van der Waals surface area contributed by atoms with Gasteiger partial charge < -0.3 is 0 Å².